The number of amides is 1. The van der Waals surface area contributed by atoms with Crippen molar-refractivity contribution in [2.75, 3.05) is 7.11 Å². The van der Waals surface area contributed by atoms with Gasteiger partial charge in [-0.2, -0.15) is 0 Å². The van der Waals surface area contributed by atoms with E-state index in [1.54, 1.807) is 19.2 Å². The second-order valence-corrected chi connectivity index (χ2v) is 6.83. The highest BCUT2D eigenvalue weighted by atomic mass is 16.5. The number of fused-ring (bicyclic) bond motifs is 1. The molecule has 1 aliphatic rings. The van der Waals surface area contributed by atoms with Crippen molar-refractivity contribution in [2.45, 2.75) is 38.8 Å². The van der Waals surface area contributed by atoms with Crippen LogP contribution in [0.5, 0.6) is 11.5 Å². The Balaban J connectivity index is 1.92. The van der Waals surface area contributed by atoms with Gasteiger partial charge in [0, 0.05) is 12.0 Å². The number of hydrogen-bond donors (Lipinski definition) is 1. The van der Waals surface area contributed by atoms with Crippen molar-refractivity contribution in [3.63, 3.8) is 0 Å². The van der Waals surface area contributed by atoms with Crippen molar-refractivity contribution < 1.29 is 14.3 Å². The normalized spacial score (nSPS) is 18.2. The SMILES string of the molecule is COc1ccccc1C(=O)N[C@@H]1CC(C)(C)Oc2ccc(C)cc21. The monoisotopic (exact) mass is 325 g/mol. The second-order valence-electron chi connectivity index (χ2n) is 6.83. The summed E-state index contributed by atoms with van der Waals surface area (Å²) in [7, 11) is 1.57. The summed E-state index contributed by atoms with van der Waals surface area (Å²) in [5.74, 6) is 1.27. The molecule has 2 aromatic carbocycles. The second kappa shape index (κ2) is 6.19. The standard InChI is InChI=1S/C20H23NO3/c1-13-9-10-18-15(11-13)16(12-20(2,3)24-18)21-19(22)14-7-5-6-8-17(14)23-4/h5-11,16H,12H2,1-4H3,(H,21,22)/t16-/m1/s1. The summed E-state index contributed by atoms with van der Waals surface area (Å²) in [5, 5.41) is 3.15. The molecule has 0 saturated heterocycles. The number of benzene rings is 2. The number of methoxy groups -OCH3 is 1. The predicted molar refractivity (Wildman–Crippen MR) is 93.7 cm³/mol. The molecule has 0 aliphatic carbocycles. The number of para-hydroxylation sites is 1. The maximum Gasteiger partial charge on any atom is 0.255 e. The average Bonchev–Trinajstić information content (AvgIpc) is 2.54. The van der Waals surface area contributed by atoms with Crippen molar-refractivity contribution in [1.82, 2.24) is 5.32 Å². The van der Waals surface area contributed by atoms with Gasteiger partial charge in [-0.3, -0.25) is 4.79 Å². The first kappa shape index (κ1) is 16.4. The largest absolute Gasteiger partial charge is 0.496 e. The number of aryl methyl sites for hydroxylation is 1. The Morgan fingerprint density at radius 2 is 2.00 bits per heavy atom. The van der Waals surface area contributed by atoms with E-state index in [9.17, 15) is 4.79 Å². The van der Waals surface area contributed by atoms with Crippen molar-refractivity contribution in [3.8, 4) is 11.5 Å². The molecule has 0 fully saturated rings. The van der Waals surface area contributed by atoms with Crippen LogP contribution in [0.4, 0.5) is 0 Å². The Bertz CT molecular complexity index is 767. The minimum absolute atomic E-state index is 0.0962. The highest BCUT2D eigenvalue weighted by Crippen LogP contribution is 2.40. The van der Waals surface area contributed by atoms with E-state index in [4.69, 9.17) is 9.47 Å². The molecule has 24 heavy (non-hydrogen) atoms. The highest BCUT2D eigenvalue weighted by molar-refractivity contribution is 5.97. The van der Waals surface area contributed by atoms with Crippen LogP contribution in [0.1, 0.15) is 47.8 Å². The van der Waals surface area contributed by atoms with Gasteiger partial charge in [-0.05, 0) is 39.0 Å². The Labute approximate surface area is 142 Å². The Kier molecular flexibility index (Phi) is 4.22. The molecule has 0 saturated carbocycles. The van der Waals surface area contributed by atoms with Gasteiger partial charge >= 0.3 is 0 Å². The van der Waals surface area contributed by atoms with Crippen LogP contribution in [0.2, 0.25) is 0 Å². The summed E-state index contributed by atoms with van der Waals surface area (Å²) in [6, 6.07) is 13.2. The van der Waals surface area contributed by atoms with Crippen LogP contribution < -0.4 is 14.8 Å². The van der Waals surface area contributed by atoms with Crippen molar-refractivity contribution in [2.24, 2.45) is 0 Å². The zero-order chi connectivity index (χ0) is 17.3. The van der Waals surface area contributed by atoms with Gasteiger partial charge < -0.3 is 14.8 Å². The highest BCUT2D eigenvalue weighted by Gasteiger charge is 2.34. The smallest absolute Gasteiger partial charge is 0.255 e. The number of nitrogens with one attached hydrogen (secondary N) is 1. The molecule has 0 radical (unpaired) electrons. The quantitative estimate of drug-likeness (QED) is 0.926. The van der Waals surface area contributed by atoms with Gasteiger partial charge in [0.15, 0.2) is 0 Å². The molecule has 1 amide bonds. The molecule has 1 atom stereocenters. The molecule has 4 nitrogen and oxygen atoms in total. The molecule has 1 heterocycles. The number of rotatable bonds is 3. The summed E-state index contributed by atoms with van der Waals surface area (Å²) in [5.41, 5.74) is 2.38. The lowest BCUT2D eigenvalue weighted by molar-refractivity contribution is 0.0618. The fourth-order valence-corrected chi connectivity index (χ4v) is 3.17. The molecule has 0 unspecified atom stereocenters. The lowest BCUT2D eigenvalue weighted by atomic mass is 9.88. The van der Waals surface area contributed by atoms with Gasteiger partial charge in [-0.15, -0.1) is 0 Å². The Hall–Kier alpha value is -2.49. The summed E-state index contributed by atoms with van der Waals surface area (Å²) in [6.07, 6.45) is 0.713. The third kappa shape index (κ3) is 3.23. The van der Waals surface area contributed by atoms with E-state index in [-0.39, 0.29) is 17.6 Å². The van der Waals surface area contributed by atoms with Crippen molar-refractivity contribution in [1.29, 1.82) is 0 Å². The lowest BCUT2D eigenvalue weighted by Gasteiger charge is -2.38. The molecule has 3 rings (SSSR count). The van der Waals surface area contributed by atoms with E-state index in [0.29, 0.717) is 17.7 Å². The predicted octanol–water partition coefficient (Wildman–Crippen LogP) is 4.04. The number of ether oxygens (including phenoxy) is 2. The molecule has 0 spiro atoms. The zero-order valence-electron chi connectivity index (χ0n) is 14.6. The first-order chi connectivity index (χ1) is 11.4. The fourth-order valence-electron chi connectivity index (χ4n) is 3.17. The van der Waals surface area contributed by atoms with Gasteiger partial charge in [-0.25, -0.2) is 0 Å². The van der Waals surface area contributed by atoms with Crippen LogP contribution in [0.3, 0.4) is 0 Å². The van der Waals surface area contributed by atoms with Crippen molar-refractivity contribution in [3.05, 3.63) is 59.2 Å². The minimum Gasteiger partial charge on any atom is -0.496 e. The Morgan fingerprint density at radius 1 is 1.25 bits per heavy atom. The fraction of sp³-hybridized carbons (Fsp3) is 0.350. The third-order valence-corrected chi connectivity index (χ3v) is 4.28. The third-order valence-electron chi connectivity index (χ3n) is 4.28. The molecular formula is C20H23NO3. The van der Waals surface area contributed by atoms with E-state index < -0.39 is 0 Å². The summed E-state index contributed by atoms with van der Waals surface area (Å²) in [4.78, 5) is 12.8. The molecule has 126 valence electrons. The van der Waals surface area contributed by atoms with Gasteiger partial charge in [0.1, 0.15) is 17.1 Å². The van der Waals surface area contributed by atoms with Crippen molar-refractivity contribution >= 4 is 5.91 Å². The molecule has 4 heteroatoms. The van der Waals surface area contributed by atoms with Crippen LogP contribution in [0.15, 0.2) is 42.5 Å². The maximum atomic E-state index is 12.8. The van der Waals surface area contributed by atoms with E-state index in [1.807, 2.05) is 45.0 Å². The Morgan fingerprint density at radius 3 is 2.75 bits per heavy atom. The molecule has 1 aliphatic heterocycles. The van der Waals surface area contributed by atoms with Crippen LogP contribution in [0.25, 0.3) is 0 Å². The van der Waals surface area contributed by atoms with E-state index in [0.717, 1.165) is 16.9 Å². The van der Waals surface area contributed by atoms with Crippen LogP contribution in [-0.2, 0) is 0 Å². The van der Waals surface area contributed by atoms with E-state index >= 15 is 0 Å². The van der Waals surface area contributed by atoms with E-state index in [2.05, 4.69) is 11.4 Å². The lowest BCUT2D eigenvalue weighted by Crippen LogP contribution is -2.41. The van der Waals surface area contributed by atoms with Crippen LogP contribution in [0, 0.1) is 6.92 Å². The molecule has 2 aromatic rings. The number of hydrogen-bond acceptors (Lipinski definition) is 3. The van der Waals surface area contributed by atoms with Gasteiger partial charge in [0.05, 0.1) is 18.7 Å². The van der Waals surface area contributed by atoms with Gasteiger partial charge in [0.2, 0.25) is 0 Å². The summed E-state index contributed by atoms with van der Waals surface area (Å²) < 4.78 is 11.4. The summed E-state index contributed by atoms with van der Waals surface area (Å²) >= 11 is 0. The first-order valence-electron chi connectivity index (χ1n) is 8.13. The minimum atomic E-state index is -0.332. The molecule has 1 N–H and O–H groups in total. The van der Waals surface area contributed by atoms with Crippen LogP contribution >= 0.6 is 0 Å². The molecule has 0 aromatic heterocycles. The molecular weight excluding hydrogens is 302 g/mol. The topological polar surface area (TPSA) is 47.6 Å². The maximum absolute atomic E-state index is 12.8. The van der Waals surface area contributed by atoms with Gasteiger partial charge in [-0.1, -0.05) is 29.8 Å². The average molecular weight is 325 g/mol. The van der Waals surface area contributed by atoms with Crippen LogP contribution in [-0.4, -0.2) is 18.6 Å². The zero-order valence-corrected chi connectivity index (χ0v) is 14.6. The number of carbonyl (C=O) groups excluding carboxylic acids is 1. The van der Waals surface area contributed by atoms with E-state index in [1.165, 1.54) is 0 Å². The summed E-state index contributed by atoms with van der Waals surface area (Å²) in [6.45, 7) is 6.12. The number of carbonyl (C=O) groups is 1. The first-order valence-corrected chi connectivity index (χ1v) is 8.13. The van der Waals surface area contributed by atoms with Gasteiger partial charge in [0.25, 0.3) is 5.91 Å². The molecule has 0 bridgehead atoms.